The lowest BCUT2D eigenvalue weighted by atomic mass is 9.92. The molecule has 1 aromatic carbocycles. The van der Waals surface area contributed by atoms with Gasteiger partial charge < -0.3 is 4.74 Å². The van der Waals surface area contributed by atoms with E-state index in [1.54, 1.807) is 0 Å². The summed E-state index contributed by atoms with van der Waals surface area (Å²) in [5.74, 6) is 0.0109. The van der Waals surface area contributed by atoms with Crippen molar-refractivity contribution < 1.29 is 27.3 Å². The van der Waals surface area contributed by atoms with Crippen molar-refractivity contribution in [3.05, 3.63) is 35.5 Å². The molecular weight excluding hydrogens is 384 g/mol. The van der Waals surface area contributed by atoms with Gasteiger partial charge >= 0.3 is 5.97 Å². The second-order valence-electron chi connectivity index (χ2n) is 7.01. The molecule has 0 saturated heterocycles. The van der Waals surface area contributed by atoms with Crippen molar-refractivity contribution in [2.75, 3.05) is 26.5 Å². The number of esters is 1. The van der Waals surface area contributed by atoms with E-state index in [1.165, 1.54) is 18.1 Å². The fourth-order valence-corrected chi connectivity index (χ4v) is 4.09. The quantitative estimate of drug-likeness (QED) is 0.612. The Labute approximate surface area is 163 Å². The largest absolute Gasteiger partial charge is 0.469 e. The molecule has 0 saturated carbocycles. The molecule has 4 rings (SSSR count). The summed E-state index contributed by atoms with van der Waals surface area (Å²) in [4.78, 5) is 26.3. The number of fused-ring (bicyclic) bond motifs is 3. The Morgan fingerprint density at radius 2 is 1.96 bits per heavy atom. The van der Waals surface area contributed by atoms with Gasteiger partial charge in [0.25, 0.3) is 10.1 Å². The molecule has 0 radical (unpaired) electrons. The van der Waals surface area contributed by atoms with Gasteiger partial charge in [-0.15, -0.1) is 0 Å². The first-order chi connectivity index (χ1) is 13.2. The van der Waals surface area contributed by atoms with Crippen LogP contribution in [0.3, 0.4) is 0 Å². The molecule has 0 spiro atoms. The van der Waals surface area contributed by atoms with Gasteiger partial charge in [-0.1, -0.05) is 18.2 Å². The van der Waals surface area contributed by atoms with Crippen LogP contribution in [-0.2, 0) is 26.1 Å². The molecular formula is C19H24N2O6S. The SMILES string of the molecule is COC(=O)CCN1CCc2c3n(c4ccccc24)C(=O)CCC31.CS(=O)(=O)O. The Bertz CT molecular complexity index is 1000. The molecule has 3 heterocycles. The molecule has 1 aromatic heterocycles. The van der Waals surface area contributed by atoms with Crippen molar-refractivity contribution in [1.29, 1.82) is 0 Å². The van der Waals surface area contributed by atoms with Crippen LogP contribution in [0.4, 0.5) is 0 Å². The van der Waals surface area contributed by atoms with E-state index in [1.807, 2.05) is 22.8 Å². The highest BCUT2D eigenvalue weighted by atomic mass is 32.2. The summed E-state index contributed by atoms with van der Waals surface area (Å²) in [6.07, 6.45) is 3.44. The molecule has 1 unspecified atom stereocenters. The third kappa shape index (κ3) is 4.26. The predicted octanol–water partition coefficient (Wildman–Crippen LogP) is 2.04. The van der Waals surface area contributed by atoms with E-state index >= 15 is 0 Å². The lowest BCUT2D eigenvalue weighted by molar-refractivity contribution is -0.141. The van der Waals surface area contributed by atoms with Crippen molar-refractivity contribution in [2.24, 2.45) is 0 Å². The van der Waals surface area contributed by atoms with Gasteiger partial charge in [-0.05, 0) is 24.5 Å². The van der Waals surface area contributed by atoms with Crippen LogP contribution in [0.5, 0.6) is 0 Å². The highest BCUT2D eigenvalue weighted by molar-refractivity contribution is 7.85. The molecule has 0 amide bonds. The van der Waals surface area contributed by atoms with Crippen LogP contribution in [0, 0.1) is 0 Å². The first kappa shape index (κ1) is 20.5. The van der Waals surface area contributed by atoms with E-state index < -0.39 is 10.1 Å². The minimum Gasteiger partial charge on any atom is -0.469 e. The molecule has 152 valence electrons. The Kier molecular flexibility index (Phi) is 5.87. The number of hydrogen-bond donors (Lipinski definition) is 1. The number of hydrogen-bond acceptors (Lipinski definition) is 6. The minimum absolute atomic E-state index is 0.178. The van der Waals surface area contributed by atoms with Crippen molar-refractivity contribution in [3.63, 3.8) is 0 Å². The Hall–Kier alpha value is -2.23. The lowest BCUT2D eigenvalue weighted by Gasteiger charge is -2.38. The minimum atomic E-state index is -3.67. The predicted molar refractivity (Wildman–Crippen MR) is 104 cm³/mol. The van der Waals surface area contributed by atoms with E-state index in [0.29, 0.717) is 25.6 Å². The smallest absolute Gasteiger partial charge is 0.306 e. The topological polar surface area (TPSA) is 106 Å². The van der Waals surface area contributed by atoms with Crippen LogP contribution in [0.2, 0.25) is 0 Å². The van der Waals surface area contributed by atoms with E-state index in [4.69, 9.17) is 9.29 Å². The molecule has 8 nitrogen and oxygen atoms in total. The van der Waals surface area contributed by atoms with Crippen molar-refractivity contribution in [1.82, 2.24) is 9.47 Å². The first-order valence-corrected chi connectivity index (χ1v) is 10.9. The zero-order valence-corrected chi connectivity index (χ0v) is 16.7. The van der Waals surface area contributed by atoms with Gasteiger partial charge in [0, 0.05) is 30.6 Å². The van der Waals surface area contributed by atoms with Gasteiger partial charge in [-0.3, -0.25) is 23.6 Å². The molecule has 0 fully saturated rings. The van der Waals surface area contributed by atoms with Gasteiger partial charge in [-0.25, -0.2) is 0 Å². The molecule has 0 aliphatic carbocycles. The van der Waals surface area contributed by atoms with Crippen LogP contribution >= 0.6 is 0 Å². The Morgan fingerprint density at radius 1 is 1.29 bits per heavy atom. The summed E-state index contributed by atoms with van der Waals surface area (Å²) in [6, 6.07) is 8.41. The number of rotatable bonds is 3. The standard InChI is InChI=1S/C18H20N2O3.CH4O3S/c1-23-17(22)9-11-19-10-8-13-12-4-2-3-5-14(12)20-16(21)7-6-15(19)18(13)20;1-5(2,3)4/h2-5,15H,6-11H2,1H3;1H3,(H,2,3,4). The molecule has 2 aliphatic heterocycles. The molecule has 28 heavy (non-hydrogen) atoms. The molecule has 2 aromatic rings. The maximum absolute atomic E-state index is 12.5. The van der Waals surface area contributed by atoms with Crippen molar-refractivity contribution in [3.8, 4) is 0 Å². The van der Waals surface area contributed by atoms with E-state index in [9.17, 15) is 18.0 Å². The fourth-order valence-electron chi connectivity index (χ4n) is 4.09. The summed E-state index contributed by atoms with van der Waals surface area (Å²) < 4.78 is 32.5. The summed E-state index contributed by atoms with van der Waals surface area (Å²) in [5, 5.41) is 1.20. The highest BCUT2D eigenvalue weighted by Gasteiger charge is 2.37. The number of nitrogens with zero attached hydrogens (tertiary/aromatic N) is 2. The van der Waals surface area contributed by atoms with E-state index in [-0.39, 0.29) is 17.9 Å². The monoisotopic (exact) mass is 408 g/mol. The van der Waals surface area contributed by atoms with Gasteiger partial charge in [0.15, 0.2) is 0 Å². The van der Waals surface area contributed by atoms with Gasteiger partial charge in [0.05, 0.1) is 31.3 Å². The summed E-state index contributed by atoms with van der Waals surface area (Å²) >= 11 is 0. The molecule has 1 atom stereocenters. The van der Waals surface area contributed by atoms with Crippen LogP contribution in [0.25, 0.3) is 10.9 Å². The van der Waals surface area contributed by atoms with Crippen molar-refractivity contribution in [2.45, 2.75) is 31.7 Å². The second kappa shape index (κ2) is 8.02. The number of methoxy groups -OCH3 is 1. The fraction of sp³-hybridized carbons (Fsp3) is 0.474. The maximum Gasteiger partial charge on any atom is 0.306 e. The Morgan fingerprint density at radius 3 is 2.64 bits per heavy atom. The zero-order chi connectivity index (χ0) is 20.5. The number of para-hydroxylation sites is 1. The number of benzene rings is 1. The zero-order valence-electron chi connectivity index (χ0n) is 15.9. The van der Waals surface area contributed by atoms with Crippen LogP contribution in [-0.4, -0.2) is 60.8 Å². The van der Waals surface area contributed by atoms with Gasteiger partial charge in [0.1, 0.15) is 0 Å². The first-order valence-electron chi connectivity index (χ1n) is 9.09. The van der Waals surface area contributed by atoms with Crippen molar-refractivity contribution >= 4 is 32.9 Å². The Balaban J connectivity index is 0.000000403. The maximum atomic E-state index is 12.5. The normalized spacial score (nSPS) is 19.0. The summed E-state index contributed by atoms with van der Waals surface area (Å²) in [6.45, 7) is 1.61. The second-order valence-corrected chi connectivity index (χ2v) is 8.48. The van der Waals surface area contributed by atoms with Crippen LogP contribution in [0.15, 0.2) is 24.3 Å². The number of carbonyl (C=O) groups is 2. The number of aromatic nitrogens is 1. The molecule has 9 heteroatoms. The van der Waals surface area contributed by atoms with Gasteiger partial charge in [-0.2, -0.15) is 8.42 Å². The molecule has 2 aliphatic rings. The van der Waals surface area contributed by atoms with Crippen LogP contribution in [0.1, 0.15) is 41.4 Å². The van der Waals surface area contributed by atoms with E-state index in [2.05, 4.69) is 11.0 Å². The third-order valence-electron chi connectivity index (χ3n) is 5.14. The highest BCUT2D eigenvalue weighted by Crippen LogP contribution is 2.42. The number of ether oxygens (including phenoxy) is 1. The van der Waals surface area contributed by atoms with E-state index in [0.717, 1.165) is 30.6 Å². The lowest BCUT2D eigenvalue weighted by Crippen LogP contribution is -2.41. The van der Waals surface area contributed by atoms with Gasteiger partial charge in [0.2, 0.25) is 5.91 Å². The molecule has 0 bridgehead atoms. The number of carbonyl (C=O) groups excluding carboxylic acids is 2. The summed E-state index contributed by atoms with van der Waals surface area (Å²) in [7, 11) is -2.24. The molecule has 1 N–H and O–H groups in total. The average Bonchev–Trinajstić information content (AvgIpc) is 2.98. The average molecular weight is 408 g/mol. The summed E-state index contributed by atoms with van der Waals surface area (Å²) in [5.41, 5.74) is 3.49. The third-order valence-corrected chi connectivity index (χ3v) is 5.14. The van der Waals surface area contributed by atoms with Crippen LogP contribution < -0.4 is 0 Å².